The Hall–Kier alpha value is -0.950. The Morgan fingerprint density at radius 2 is 1.88 bits per heavy atom. The number of aromatic hydroxyl groups is 1. The average Bonchev–Trinajstić information content (AvgIpc) is 2.45. The minimum atomic E-state index is -4.42. The standard InChI is InChI=1S/C16H21F3N2O.2ClH/c1-11(2)9-14(21-7-5-20-6-8-21)13-10-12(16(17,18)19)3-4-15(13)22;;/h3-4,10,14,20,22H,1,5-9H2,2H3;2*1H/t14-;;/m1../s1. The Morgan fingerprint density at radius 3 is 2.38 bits per heavy atom. The van der Waals surface area contributed by atoms with Crippen LogP contribution in [0.2, 0.25) is 0 Å². The quantitative estimate of drug-likeness (QED) is 0.762. The van der Waals surface area contributed by atoms with Gasteiger partial charge in [-0.05, 0) is 31.5 Å². The van der Waals surface area contributed by atoms with E-state index in [2.05, 4.69) is 16.8 Å². The van der Waals surface area contributed by atoms with Crippen LogP contribution in [0.5, 0.6) is 5.75 Å². The molecule has 2 N–H and O–H groups in total. The lowest BCUT2D eigenvalue weighted by molar-refractivity contribution is -0.137. The van der Waals surface area contributed by atoms with Gasteiger partial charge in [0, 0.05) is 37.8 Å². The van der Waals surface area contributed by atoms with Crippen LogP contribution in [0.25, 0.3) is 0 Å². The molecule has 1 heterocycles. The Balaban J connectivity index is 0.00000264. The third-order valence-electron chi connectivity index (χ3n) is 3.85. The largest absolute Gasteiger partial charge is 0.508 e. The lowest BCUT2D eigenvalue weighted by Crippen LogP contribution is -2.45. The van der Waals surface area contributed by atoms with Gasteiger partial charge in [0.25, 0.3) is 0 Å². The van der Waals surface area contributed by atoms with E-state index < -0.39 is 11.7 Å². The van der Waals surface area contributed by atoms with Crippen LogP contribution >= 0.6 is 24.8 Å². The van der Waals surface area contributed by atoms with Gasteiger partial charge >= 0.3 is 6.18 Å². The van der Waals surface area contributed by atoms with Gasteiger partial charge in [-0.3, -0.25) is 4.90 Å². The van der Waals surface area contributed by atoms with Gasteiger partial charge in [-0.1, -0.05) is 5.57 Å². The molecule has 1 aliphatic heterocycles. The molecule has 1 aliphatic rings. The van der Waals surface area contributed by atoms with Crippen LogP contribution in [0.3, 0.4) is 0 Å². The van der Waals surface area contributed by atoms with Crippen molar-refractivity contribution in [1.82, 2.24) is 10.2 Å². The highest BCUT2D eigenvalue weighted by Crippen LogP contribution is 2.38. The van der Waals surface area contributed by atoms with Gasteiger partial charge in [-0.2, -0.15) is 13.2 Å². The van der Waals surface area contributed by atoms with E-state index in [1.54, 1.807) is 0 Å². The topological polar surface area (TPSA) is 35.5 Å². The van der Waals surface area contributed by atoms with Crippen molar-refractivity contribution >= 4 is 24.8 Å². The summed E-state index contributed by atoms with van der Waals surface area (Å²) in [4.78, 5) is 2.10. The van der Waals surface area contributed by atoms with Gasteiger partial charge in [0.2, 0.25) is 0 Å². The first-order valence-corrected chi connectivity index (χ1v) is 7.28. The van der Waals surface area contributed by atoms with E-state index in [0.717, 1.165) is 50.0 Å². The summed E-state index contributed by atoms with van der Waals surface area (Å²) in [5.41, 5.74) is 0.460. The second kappa shape index (κ2) is 9.51. The zero-order valence-electron chi connectivity index (χ0n) is 13.4. The van der Waals surface area contributed by atoms with Crippen LogP contribution in [0.15, 0.2) is 30.4 Å². The Kier molecular flexibility index (Phi) is 9.14. The molecule has 0 unspecified atom stereocenters. The molecule has 8 heteroatoms. The highest BCUT2D eigenvalue weighted by Gasteiger charge is 2.33. The molecule has 0 bridgehead atoms. The molecule has 0 aliphatic carbocycles. The molecule has 2 rings (SSSR count). The molecule has 0 spiro atoms. The molecule has 24 heavy (non-hydrogen) atoms. The maximum absolute atomic E-state index is 12.9. The van der Waals surface area contributed by atoms with Crippen molar-refractivity contribution in [3.8, 4) is 5.75 Å². The first-order valence-electron chi connectivity index (χ1n) is 7.28. The van der Waals surface area contributed by atoms with Gasteiger partial charge in [-0.15, -0.1) is 31.4 Å². The van der Waals surface area contributed by atoms with E-state index in [4.69, 9.17) is 0 Å². The number of benzene rings is 1. The fraction of sp³-hybridized carbons (Fsp3) is 0.500. The van der Waals surface area contributed by atoms with Crippen molar-refractivity contribution in [1.29, 1.82) is 0 Å². The lowest BCUT2D eigenvalue weighted by atomic mass is 9.95. The minimum absolute atomic E-state index is 0. The van der Waals surface area contributed by atoms with Crippen molar-refractivity contribution < 1.29 is 18.3 Å². The molecule has 1 aromatic carbocycles. The molecule has 3 nitrogen and oxygen atoms in total. The summed E-state index contributed by atoms with van der Waals surface area (Å²) < 4.78 is 38.8. The zero-order valence-corrected chi connectivity index (χ0v) is 15.0. The number of halogens is 5. The van der Waals surface area contributed by atoms with Crippen LogP contribution in [0.1, 0.15) is 30.5 Å². The van der Waals surface area contributed by atoms with Gasteiger partial charge in [-0.25, -0.2) is 0 Å². The zero-order chi connectivity index (χ0) is 16.3. The highest BCUT2D eigenvalue weighted by molar-refractivity contribution is 5.85. The number of nitrogens with zero attached hydrogens (tertiary/aromatic N) is 1. The van der Waals surface area contributed by atoms with Gasteiger partial charge in [0.15, 0.2) is 0 Å². The molecular weight excluding hydrogens is 364 g/mol. The maximum atomic E-state index is 12.9. The van der Waals surface area contributed by atoms with Crippen molar-refractivity contribution in [3.05, 3.63) is 41.5 Å². The summed E-state index contributed by atoms with van der Waals surface area (Å²) >= 11 is 0. The number of hydrogen-bond donors (Lipinski definition) is 2. The van der Waals surface area contributed by atoms with Crippen LogP contribution in [-0.2, 0) is 6.18 Å². The summed E-state index contributed by atoms with van der Waals surface area (Å²) in [7, 11) is 0. The van der Waals surface area contributed by atoms with Crippen molar-refractivity contribution in [2.75, 3.05) is 26.2 Å². The molecule has 1 atom stereocenters. The van der Waals surface area contributed by atoms with E-state index in [-0.39, 0.29) is 36.6 Å². The Bertz CT molecular complexity index is 547. The summed E-state index contributed by atoms with van der Waals surface area (Å²) in [6.45, 7) is 8.74. The minimum Gasteiger partial charge on any atom is -0.508 e. The molecule has 1 fully saturated rings. The SMILES string of the molecule is C=C(C)C[C@H](c1cc(C(F)(F)F)ccc1O)N1CCNCC1.Cl.Cl. The summed E-state index contributed by atoms with van der Waals surface area (Å²) in [5.74, 6) is -0.0993. The first-order chi connectivity index (χ1) is 10.3. The highest BCUT2D eigenvalue weighted by atomic mass is 35.5. The average molecular weight is 387 g/mol. The van der Waals surface area contributed by atoms with E-state index in [0.29, 0.717) is 12.0 Å². The lowest BCUT2D eigenvalue weighted by Gasteiger charge is -2.36. The third kappa shape index (κ3) is 5.84. The molecule has 138 valence electrons. The molecule has 0 aromatic heterocycles. The molecule has 1 aromatic rings. The smallest absolute Gasteiger partial charge is 0.416 e. The molecule has 1 saturated heterocycles. The van der Waals surface area contributed by atoms with Crippen molar-refractivity contribution in [2.45, 2.75) is 25.6 Å². The van der Waals surface area contributed by atoms with Gasteiger partial charge < -0.3 is 10.4 Å². The molecule has 0 saturated carbocycles. The predicted octanol–water partition coefficient (Wildman–Crippen LogP) is 4.17. The van der Waals surface area contributed by atoms with Gasteiger partial charge in [0.1, 0.15) is 5.75 Å². The number of nitrogens with one attached hydrogen (secondary N) is 1. The number of phenolic OH excluding ortho intramolecular Hbond substituents is 1. The van der Waals surface area contributed by atoms with Gasteiger partial charge in [0.05, 0.1) is 5.56 Å². The fourth-order valence-electron chi connectivity index (χ4n) is 2.76. The summed E-state index contributed by atoms with van der Waals surface area (Å²) in [6.07, 6.45) is -3.89. The van der Waals surface area contributed by atoms with Crippen molar-refractivity contribution in [2.24, 2.45) is 0 Å². The Labute approximate surface area is 152 Å². The normalized spacial score (nSPS) is 16.7. The number of alkyl halides is 3. The summed E-state index contributed by atoms with van der Waals surface area (Å²) in [6, 6.07) is 2.81. The molecular formula is C16H23Cl2F3N2O. The summed E-state index contributed by atoms with van der Waals surface area (Å²) in [5, 5.41) is 13.3. The Morgan fingerprint density at radius 1 is 1.29 bits per heavy atom. The number of phenols is 1. The second-order valence-corrected chi connectivity index (χ2v) is 5.73. The maximum Gasteiger partial charge on any atom is 0.416 e. The second-order valence-electron chi connectivity index (χ2n) is 5.73. The first kappa shape index (κ1) is 23.1. The molecule has 0 radical (unpaired) electrons. The van der Waals surface area contributed by atoms with Crippen LogP contribution < -0.4 is 5.32 Å². The molecule has 0 amide bonds. The monoisotopic (exact) mass is 386 g/mol. The van der Waals surface area contributed by atoms with Crippen LogP contribution in [-0.4, -0.2) is 36.2 Å². The predicted molar refractivity (Wildman–Crippen MR) is 94.2 cm³/mol. The van der Waals surface area contributed by atoms with Crippen LogP contribution in [0, 0.1) is 0 Å². The van der Waals surface area contributed by atoms with E-state index in [9.17, 15) is 18.3 Å². The van der Waals surface area contributed by atoms with Crippen molar-refractivity contribution in [3.63, 3.8) is 0 Å². The fourth-order valence-corrected chi connectivity index (χ4v) is 2.76. The van der Waals surface area contributed by atoms with E-state index in [1.807, 2.05) is 6.92 Å². The number of rotatable bonds is 4. The van der Waals surface area contributed by atoms with E-state index in [1.165, 1.54) is 0 Å². The number of piperazine rings is 1. The van der Waals surface area contributed by atoms with Crippen LogP contribution in [0.4, 0.5) is 13.2 Å². The third-order valence-corrected chi connectivity index (χ3v) is 3.85. The number of hydrogen-bond acceptors (Lipinski definition) is 3. The van der Waals surface area contributed by atoms with E-state index >= 15 is 0 Å².